The molecule has 3 atom stereocenters. The Hall–Kier alpha value is -1.42. The fraction of sp³-hybridized carbons (Fsp3) is 0.588. The molecule has 116 valence electrons. The predicted molar refractivity (Wildman–Crippen MR) is 82.1 cm³/mol. The molecule has 0 bridgehead atoms. The Kier molecular flexibility index (Phi) is 4.99. The number of rotatable bonds is 5. The molecule has 0 spiro atoms. The molecule has 0 aromatic heterocycles. The van der Waals surface area contributed by atoms with Gasteiger partial charge in [-0.3, -0.25) is 10.1 Å². The highest BCUT2D eigenvalue weighted by molar-refractivity contribution is 5.84. The Morgan fingerprint density at radius 2 is 1.95 bits per heavy atom. The van der Waals surface area contributed by atoms with Crippen molar-refractivity contribution in [1.29, 1.82) is 0 Å². The molecule has 1 heterocycles. The van der Waals surface area contributed by atoms with Crippen LogP contribution in [0.4, 0.5) is 4.39 Å². The van der Waals surface area contributed by atoms with E-state index in [1.165, 1.54) is 6.07 Å². The van der Waals surface area contributed by atoms with Gasteiger partial charge in [-0.15, -0.1) is 0 Å². The van der Waals surface area contributed by atoms with Crippen molar-refractivity contribution in [3.63, 3.8) is 0 Å². The first-order valence-corrected chi connectivity index (χ1v) is 7.78. The van der Waals surface area contributed by atoms with Crippen LogP contribution in [0.5, 0.6) is 0 Å². The number of nitrogens with one attached hydrogen (secondary N) is 1. The van der Waals surface area contributed by atoms with Gasteiger partial charge >= 0.3 is 0 Å². The molecule has 21 heavy (non-hydrogen) atoms. The van der Waals surface area contributed by atoms with Crippen LogP contribution in [-0.4, -0.2) is 22.9 Å². The summed E-state index contributed by atoms with van der Waals surface area (Å²) in [7, 11) is 0. The van der Waals surface area contributed by atoms with Crippen LogP contribution in [0.2, 0.25) is 0 Å². The molecule has 3 nitrogen and oxygen atoms in total. The first kappa shape index (κ1) is 16.0. The number of halogens is 1. The number of hydrogen-bond donors (Lipinski definition) is 1. The van der Waals surface area contributed by atoms with Crippen LogP contribution in [0.1, 0.15) is 52.3 Å². The minimum Gasteiger partial charge on any atom is -0.319 e. The van der Waals surface area contributed by atoms with Crippen molar-refractivity contribution in [3.05, 3.63) is 35.6 Å². The van der Waals surface area contributed by atoms with Crippen molar-refractivity contribution >= 4 is 5.91 Å². The van der Waals surface area contributed by atoms with Gasteiger partial charge in [0.2, 0.25) is 5.91 Å². The van der Waals surface area contributed by atoms with E-state index in [-0.39, 0.29) is 30.0 Å². The number of amides is 1. The molecule has 2 rings (SSSR count). The minimum absolute atomic E-state index is 0.0823. The van der Waals surface area contributed by atoms with E-state index >= 15 is 0 Å². The Balaban J connectivity index is 2.33. The van der Waals surface area contributed by atoms with Gasteiger partial charge in [-0.2, -0.15) is 0 Å². The van der Waals surface area contributed by atoms with Crippen molar-refractivity contribution in [3.8, 4) is 0 Å². The number of benzene rings is 1. The topological polar surface area (TPSA) is 32.3 Å². The highest BCUT2D eigenvalue weighted by atomic mass is 19.1. The van der Waals surface area contributed by atoms with Crippen LogP contribution in [0, 0.1) is 11.7 Å². The lowest BCUT2D eigenvalue weighted by atomic mass is 10.0. The van der Waals surface area contributed by atoms with Crippen LogP contribution >= 0.6 is 0 Å². The predicted octanol–water partition coefficient (Wildman–Crippen LogP) is 3.47. The van der Waals surface area contributed by atoms with Gasteiger partial charge in [0, 0.05) is 11.6 Å². The van der Waals surface area contributed by atoms with E-state index in [1.54, 1.807) is 12.1 Å². The largest absolute Gasteiger partial charge is 0.319 e. The summed E-state index contributed by atoms with van der Waals surface area (Å²) in [6.07, 6.45) is 1.26. The van der Waals surface area contributed by atoms with E-state index in [2.05, 4.69) is 19.2 Å². The molecule has 4 heteroatoms. The molecule has 1 saturated heterocycles. The Morgan fingerprint density at radius 1 is 1.29 bits per heavy atom. The molecular weight excluding hydrogens is 267 g/mol. The molecule has 0 aliphatic carbocycles. The van der Waals surface area contributed by atoms with E-state index < -0.39 is 0 Å². The SMILES string of the molecule is CCC1NC(c2ccccc2F)N(C(C)CC(C)C)C1=O. The molecule has 1 aliphatic rings. The van der Waals surface area contributed by atoms with Crippen molar-refractivity contribution in [1.82, 2.24) is 10.2 Å². The van der Waals surface area contributed by atoms with E-state index in [9.17, 15) is 9.18 Å². The summed E-state index contributed by atoms with van der Waals surface area (Å²) in [4.78, 5) is 14.4. The lowest BCUT2D eigenvalue weighted by Gasteiger charge is -2.31. The molecule has 1 N–H and O–H groups in total. The average molecular weight is 292 g/mol. The van der Waals surface area contributed by atoms with Gasteiger partial charge in [0.1, 0.15) is 12.0 Å². The lowest BCUT2D eigenvalue weighted by Crippen LogP contribution is -2.39. The summed E-state index contributed by atoms with van der Waals surface area (Å²) in [6.45, 7) is 8.30. The smallest absolute Gasteiger partial charge is 0.241 e. The van der Waals surface area contributed by atoms with Crippen molar-refractivity contribution < 1.29 is 9.18 Å². The van der Waals surface area contributed by atoms with Gasteiger partial charge in [0.25, 0.3) is 0 Å². The van der Waals surface area contributed by atoms with Crippen LogP contribution in [0.3, 0.4) is 0 Å². The highest BCUT2D eigenvalue weighted by Gasteiger charge is 2.41. The zero-order chi connectivity index (χ0) is 15.6. The Morgan fingerprint density at radius 3 is 2.52 bits per heavy atom. The molecule has 0 saturated carbocycles. The maximum atomic E-state index is 14.1. The van der Waals surface area contributed by atoms with Crippen molar-refractivity contribution in [2.75, 3.05) is 0 Å². The van der Waals surface area contributed by atoms with E-state index in [4.69, 9.17) is 0 Å². The van der Waals surface area contributed by atoms with Crippen molar-refractivity contribution in [2.24, 2.45) is 5.92 Å². The standard InChI is InChI=1S/C17H25FN2O/c1-5-15-17(21)20(12(4)10-11(2)3)16(19-15)13-8-6-7-9-14(13)18/h6-9,11-12,15-16,19H,5,10H2,1-4H3. The molecule has 1 fully saturated rings. The Labute approximate surface area is 126 Å². The maximum Gasteiger partial charge on any atom is 0.241 e. The molecule has 1 aromatic rings. The van der Waals surface area contributed by atoms with Gasteiger partial charge < -0.3 is 4.90 Å². The summed E-state index contributed by atoms with van der Waals surface area (Å²) in [5.74, 6) is 0.315. The molecule has 0 radical (unpaired) electrons. The minimum atomic E-state index is -0.364. The summed E-state index contributed by atoms with van der Waals surface area (Å²) < 4.78 is 14.1. The van der Waals surface area contributed by atoms with Gasteiger partial charge in [0.05, 0.1) is 6.04 Å². The second-order valence-corrected chi connectivity index (χ2v) is 6.28. The third-order valence-electron chi connectivity index (χ3n) is 4.09. The fourth-order valence-electron chi connectivity index (χ4n) is 3.15. The Bertz CT molecular complexity index is 503. The van der Waals surface area contributed by atoms with Crippen LogP contribution in [0.15, 0.2) is 24.3 Å². The molecular formula is C17H25FN2O. The van der Waals surface area contributed by atoms with Crippen molar-refractivity contribution in [2.45, 2.75) is 58.8 Å². The first-order chi connectivity index (χ1) is 9.95. The third-order valence-corrected chi connectivity index (χ3v) is 4.09. The third kappa shape index (κ3) is 3.26. The van der Waals surface area contributed by atoms with Crippen LogP contribution in [-0.2, 0) is 4.79 Å². The number of hydrogen-bond acceptors (Lipinski definition) is 2. The summed E-state index contributed by atoms with van der Waals surface area (Å²) in [6, 6.07) is 6.57. The van der Waals surface area contributed by atoms with Gasteiger partial charge in [-0.05, 0) is 31.7 Å². The van der Waals surface area contributed by atoms with Crippen LogP contribution < -0.4 is 5.32 Å². The fourth-order valence-corrected chi connectivity index (χ4v) is 3.15. The van der Waals surface area contributed by atoms with Gasteiger partial charge in [0.15, 0.2) is 0 Å². The summed E-state index contributed by atoms with van der Waals surface area (Å²) in [5, 5.41) is 3.29. The second-order valence-electron chi connectivity index (χ2n) is 6.28. The molecule has 1 aliphatic heterocycles. The lowest BCUT2D eigenvalue weighted by molar-refractivity contribution is -0.132. The average Bonchev–Trinajstić information content (AvgIpc) is 2.75. The molecule has 3 unspecified atom stereocenters. The monoisotopic (exact) mass is 292 g/mol. The summed E-state index contributed by atoms with van der Waals surface area (Å²) in [5.41, 5.74) is 0.553. The number of carbonyl (C=O) groups is 1. The van der Waals surface area contributed by atoms with Gasteiger partial charge in [-0.25, -0.2) is 4.39 Å². The zero-order valence-electron chi connectivity index (χ0n) is 13.3. The second kappa shape index (κ2) is 6.56. The summed E-state index contributed by atoms with van der Waals surface area (Å²) >= 11 is 0. The normalized spacial score (nSPS) is 23.9. The van der Waals surface area contributed by atoms with E-state index in [0.29, 0.717) is 17.9 Å². The zero-order valence-corrected chi connectivity index (χ0v) is 13.3. The first-order valence-electron chi connectivity index (χ1n) is 7.78. The van der Waals surface area contributed by atoms with Crippen LogP contribution in [0.25, 0.3) is 0 Å². The maximum absolute atomic E-state index is 14.1. The van der Waals surface area contributed by atoms with E-state index in [1.807, 2.05) is 24.8 Å². The highest BCUT2D eigenvalue weighted by Crippen LogP contribution is 2.31. The molecule has 1 aromatic carbocycles. The van der Waals surface area contributed by atoms with Gasteiger partial charge in [-0.1, -0.05) is 39.0 Å². The number of nitrogens with zero attached hydrogens (tertiary/aromatic N) is 1. The molecule has 1 amide bonds. The number of carbonyl (C=O) groups excluding carboxylic acids is 1. The van der Waals surface area contributed by atoms with E-state index in [0.717, 1.165) is 6.42 Å². The quantitative estimate of drug-likeness (QED) is 0.901.